The van der Waals surface area contributed by atoms with Gasteiger partial charge in [-0.3, -0.25) is 14.5 Å². The van der Waals surface area contributed by atoms with Crippen molar-refractivity contribution in [3.63, 3.8) is 0 Å². The second-order valence-corrected chi connectivity index (χ2v) is 11.3. The molecule has 3 rings (SSSR count). The van der Waals surface area contributed by atoms with Crippen LogP contribution in [0.1, 0.15) is 86.5 Å². The Labute approximate surface area is 166 Å². The second-order valence-electron chi connectivity index (χ2n) is 11.3. The Balaban J connectivity index is 1.70. The van der Waals surface area contributed by atoms with Crippen molar-refractivity contribution in [1.29, 1.82) is 0 Å². The fourth-order valence-corrected chi connectivity index (χ4v) is 5.36. The minimum atomic E-state index is -0.318. The second kappa shape index (κ2) is 7.17. The molecule has 4 nitrogen and oxygen atoms in total. The lowest BCUT2D eigenvalue weighted by Gasteiger charge is -2.56. The zero-order valence-electron chi connectivity index (χ0n) is 18.4. The van der Waals surface area contributed by atoms with Crippen LogP contribution in [-0.2, 0) is 9.59 Å². The molecule has 4 heteroatoms. The fraction of sp³-hybridized carbons (Fsp3) is 0.913. The zero-order valence-corrected chi connectivity index (χ0v) is 18.4. The normalized spacial score (nSPS) is 27.5. The van der Waals surface area contributed by atoms with E-state index in [-0.39, 0.29) is 28.3 Å². The number of nitrogens with zero attached hydrogens (tertiary/aromatic N) is 2. The quantitative estimate of drug-likeness (QED) is 0.722. The van der Waals surface area contributed by atoms with E-state index in [1.807, 2.05) is 20.8 Å². The van der Waals surface area contributed by atoms with Crippen LogP contribution in [0.4, 0.5) is 0 Å². The summed E-state index contributed by atoms with van der Waals surface area (Å²) in [7, 11) is 0. The number of carbonyl (C=O) groups is 2. The van der Waals surface area contributed by atoms with Crippen LogP contribution in [0.5, 0.6) is 0 Å². The number of carbonyl (C=O) groups excluding carboxylic acids is 2. The standard InChI is InChI=1S/C23H40N2O2/c1-21(2,3)19(26)18-8-13-23(11-7-12-23)25(16-18)20(27)17-9-14-24(15-10-17)22(4,5)6/h17-18H,7-16H2,1-6H3. The molecule has 0 aromatic heterocycles. The largest absolute Gasteiger partial charge is 0.336 e. The van der Waals surface area contributed by atoms with Gasteiger partial charge in [-0.15, -0.1) is 0 Å². The molecule has 27 heavy (non-hydrogen) atoms. The highest BCUT2D eigenvalue weighted by Crippen LogP contribution is 2.47. The van der Waals surface area contributed by atoms with Crippen LogP contribution in [0, 0.1) is 17.3 Å². The van der Waals surface area contributed by atoms with Gasteiger partial charge in [0.25, 0.3) is 0 Å². The lowest BCUT2D eigenvalue weighted by Crippen LogP contribution is -2.63. The number of likely N-dealkylation sites (tertiary alicyclic amines) is 2. The number of piperidine rings is 2. The molecule has 0 aromatic rings. The van der Waals surface area contributed by atoms with E-state index in [0.29, 0.717) is 18.2 Å². The fourth-order valence-electron chi connectivity index (χ4n) is 5.36. The Morgan fingerprint density at radius 2 is 1.44 bits per heavy atom. The maximum Gasteiger partial charge on any atom is 0.226 e. The summed E-state index contributed by atoms with van der Waals surface area (Å²) in [4.78, 5) is 31.1. The van der Waals surface area contributed by atoms with Gasteiger partial charge in [-0.25, -0.2) is 0 Å². The summed E-state index contributed by atoms with van der Waals surface area (Å²) in [5.41, 5.74) is -0.0625. The first-order chi connectivity index (χ1) is 12.4. The molecule has 1 saturated carbocycles. The van der Waals surface area contributed by atoms with Crippen molar-refractivity contribution in [2.45, 2.75) is 97.6 Å². The van der Waals surface area contributed by atoms with Crippen molar-refractivity contribution >= 4 is 11.7 Å². The number of Topliss-reactive ketones (excluding diaryl/α,β-unsaturated/α-hetero) is 1. The highest BCUT2D eigenvalue weighted by molar-refractivity contribution is 5.87. The van der Waals surface area contributed by atoms with Gasteiger partial charge in [0.2, 0.25) is 5.91 Å². The Morgan fingerprint density at radius 3 is 1.89 bits per heavy atom. The third-order valence-electron chi connectivity index (χ3n) is 7.39. The maximum atomic E-state index is 13.5. The highest BCUT2D eigenvalue weighted by atomic mass is 16.2. The monoisotopic (exact) mass is 376 g/mol. The molecule has 0 aromatic carbocycles. The third kappa shape index (κ3) is 4.11. The van der Waals surface area contributed by atoms with E-state index in [2.05, 4.69) is 30.6 Å². The van der Waals surface area contributed by atoms with Crippen molar-refractivity contribution in [3.8, 4) is 0 Å². The van der Waals surface area contributed by atoms with E-state index >= 15 is 0 Å². The van der Waals surface area contributed by atoms with Crippen LogP contribution in [0.3, 0.4) is 0 Å². The molecule has 2 saturated heterocycles. The van der Waals surface area contributed by atoms with Crippen LogP contribution >= 0.6 is 0 Å². The van der Waals surface area contributed by atoms with Crippen molar-refractivity contribution in [1.82, 2.24) is 9.80 Å². The molecule has 3 fully saturated rings. The molecule has 2 aliphatic heterocycles. The number of hydrogen-bond acceptors (Lipinski definition) is 3. The Bertz CT molecular complexity index is 572. The third-order valence-corrected chi connectivity index (χ3v) is 7.39. The van der Waals surface area contributed by atoms with Gasteiger partial charge in [-0.05, 0) is 78.8 Å². The number of hydrogen-bond donors (Lipinski definition) is 0. The topological polar surface area (TPSA) is 40.6 Å². The summed E-state index contributed by atoms with van der Waals surface area (Å²) in [6, 6.07) is 0. The molecule has 1 atom stereocenters. The van der Waals surface area contributed by atoms with Crippen LogP contribution in [-0.4, -0.2) is 52.2 Å². The number of ketones is 1. The van der Waals surface area contributed by atoms with E-state index < -0.39 is 0 Å². The molecule has 1 aliphatic carbocycles. The smallest absolute Gasteiger partial charge is 0.226 e. The Kier molecular flexibility index (Phi) is 5.53. The summed E-state index contributed by atoms with van der Waals surface area (Å²) in [5, 5.41) is 0. The first-order valence-corrected chi connectivity index (χ1v) is 11.0. The lowest BCUT2D eigenvalue weighted by molar-refractivity contribution is -0.157. The Hall–Kier alpha value is -0.900. The summed E-state index contributed by atoms with van der Waals surface area (Å²) in [6.45, 7) is 15.5. The molecular formula is C23H40N2O2. The summed E-state index contributed by atoms with van der Waals surface area (Å²) in [5.74, 6) is 0.839. The molecule has 0 radical (unpaired) electrons. The van der Waals surface area contributed by atoms with Gasteiger partial charge in [0.05, 0.1) is 0 Å². The average molecular weight is 377 g/mol. The molecule has 1 spiro atoms. The zero-order chi connectivity index (χ0) is 20.0. The summed E-state index contributed by atoms with van der Waals surface area (Å²) < 4.78 is 0. The van der Waals surface area contributed by atoms with E-state index in [9.17, 15) is 9.59 Å². The van der Waals surface area contributed by atoms with Gasteiger partial charge in [0.1, 0.15) is 5.78 Å². The predicted octanol–water partition coefficient (Wildman–Crippen LogP) is 4.27. The van der Waals surface area contributed by atoms with Crippen molar-refractivity contribution in [2.75, 3.05) is 19.6 Å². The summed E-state index contributed by atoms with van der Waals surface area (Å²) in [6.07, 6.45) is 7.39. The predicted molar refractivity (Wildman–Crippen MR) is 110 cm³/mol. The van der Waals surface area contributed by atoms with E-state index in [0.717, 1.165) is 51.6 Å². The minimum absolute atomic E-state index is 0.0230. The van der Waals surface area contributed by atoms with Crippen LogP contribution < -0.4 is 0 Å². The van der Waals surface area contributed by atoms with E-state index in [4.69, 9.17) is 0 Å². The van der Waals surface area contributed by atoms with E-state index in [1.165, 1.54) is 6.42 Å². The van der Waals surface area contributed by atoms with Gasteiger partial charge < -0.3 is 4.90 Å². The number of amides is 1. The van der Waals surface area contributed by atoms with Crippen molar-refractivity contribution in [2.24, 2.45) is 17.3 Å². The first kappa shape index (κ1) is 20.8. The van der Waals surface area contributed by atoms with Gasteiger partial charge in [0, 0.05) is 34.9 Å². The molecule has 154 valence electrons. The molecule has 0 N–H and O–H groups in total. The van der Waals surface area contributed by atoms with Gasteiger partial charge in [-0.2, -0.15) is 0 Å². The van der Waals surface area contributed by atoms with Crippen molar-refractivity contribution < 1.29 is 9.59 Å². The first-order valence-electron chi connectivity index (χ1n) is 11.0. The van der Waals surface area contributed by atoms with Crippen molar-refractivity contribution in [3.05, 3.63) is 0 Å². The van der Waals surface area contributed by atoms with Gasteiger partial charge in [-0.1, -0.05) is 20.8 Å². The van der Waals surface area contributed by atoms with Gasteiger partial charge in [0.15, 0.2) is 0 Å². The number of rotatable bonds is 2. The van der Waals surface area contributed by atoms with Crippen LogP contribution in [0.2, 0.25) is 0 Å². The summed E-state index contributed by atoms with van der Waals surface area (Å²) >= 11 is 0. The molecular weight excluding hydrogens is 336 g/mol. The molecule has 1 unspecified atom stereocenters. The highest BCUT2D eigenvalue weighted by Gasteiger charge is 2.51. The lowest BCUT2D eigenvalue weighted by atomic mass is 9.66. The molecule has 0 bridgehead atoms. The average Bonchev–Trinajstić information content (AvgIpc) is 2.57. The Morgan fingerprint density at radius 1 is 0.852 bits per heavy atom. The van der Waals surface area contributed by atoms with Crippen LogP contribution in [0.25, 0.3) is 0 Å². The van der Waals surface area contributed by atoms with E-state index in [1.54, 1.807) is 0 Å². The molecule has 2 heterocycles. The van der Waals surface area contributed by atoms with Gasteiger partial charge >= 0.3 is 0 Å². The maximum absolute atomic E-state index is 13.5. The SMILES string of the molecule is CC(C)(C)C(=O)C1CCC2(CCC2)N(C(=O)C2CCN(C(C)(C)C)CC2)C1. The minimum Gasteiger partial charge on any atom is -0.336 e. The molecule has 1 amide bonds. The molecule has 3 aliphatic rings. The van der Waals surface area contributed by atoms with Crippen LogP contribution in [0.15, 0.2) is 0 Å².